The highest BCUT2D eigenvalue weighted by Crippen LogP contribution is 2.20. The number of benzene rings is 1. The molecule has 1 atom stereocenters. The van der Waals surface area contributed by atoms with Gasteiger partial charge in [0.15, 0.2) is 5.76 Å². The minimum Gasteiger partial charge on any atom is -0.492 e. The largest absolute Gasteiger partial charge is 0.492 e. The Hall–Kier alpha value is -2.47. The average molecular weight is 363 g/mol. The summed E-state index contributed by atoms with van der Waals surface area (Å²) in [6, 6.07) is 9.87. The van der Waals surface area contributed by atoms with Crippen molar-refractivity contribution in [1.29, 1.82) is 0 Å². The molecule has 0 unspecified atom stereocenters. The number of nitrogens with one attached hydrogen (secondary N) is 1. The van der Waals surface area contributed by atoms with Crippen molar-refractivity contribution in [1.82, 2.24) is 10.2 Å². The number of carbonyl (C=O) groups is 2. The van der Waals surface area contributed by atoms with Gasteiger partial charge in [0, 0.05) is 11.6 Å². The number of ether oxygens (including phenoxy) is 1. The van der Waals surface area contributed by atoms with Gasteiger partial charge in [0.25, 0.3) is 5.91 Å². The highest BCUT2D eigenvalue weighted by Gasteiger charge is 2.35. The number of nitrogens with zero attached hydrogens (tertiary/aromatic N) is 1. The number of rotatable bonds is 6. The Morgan fingerprint density at radius 2 is 2.20 bits per heavy atom. The number of hydrogen-bond donors (Lipinski definition) is 1. The van der Waals surface area contributed by atoms with Crippen LogP contribution in [0.5, 0.6) is 5.75 Å². The van der Waals surface area contributed by atoms with E-state index in [1.807, 2.05) is 0 Å². The molecule has 7 heteroatoms. The topological polar surface area (TPSA) is 71.8 Å². The van der Waals surface area contributed by atoms with Gasteiger partial charge in [0.2, 0.25) is 5.91 Å². The van der Waals surface area contributed by atoms with E-state index in [4.69, 9.17) is 20.8 Å². The van der Waals surface area contributed by atoms with Gasteiger partial charge in [0.05, 0.1) is 12.8 Å². The average Bonchev–Trinajstić information content (AvgIpc) is 3.29. The van der Waals surface area contributed by atoms with Crippen LogP contribution in [0.4, 0.5) is 0 Å². The van der Waals surface area contributed by atoms with Gasteiger partial charge in [-0.1, -0.05) is 17.7 Å². The molecule has 1 aromatic heterocycles. The first kappa shape index (κ1) is 17.4. The maximum absolute atomic E-state index is 12.4. The van der Waals surface area contributed by atoms with Gasteiger partial charge in [0.1, 0.15) is 18.4 Å². The van der Waals surface area contributed by atoms with E-state index in [9.17, 15) is 9.59 Å². The van der Waals surface area contributed by atoms with Crippen LogP contribution >= 0.6 is 11.6 Å². The maximum Gasteiger partial charge on any atom is 0.290 e. The van der Waals surface area contributed by atoms with Crippen LogP contribution in [0.1, 0.15) is 23.4 Å². The molecule has 1 aromatic carbocycles. The lowest BCUT2D eigenvalue weighted by Gasteiger charge is -2.23. The van der Waals surface area contributed by atoms with Crippen LogP contribution in [0.3, 0.4) is 0 Å². The molecule has 1 fully saturated rings. The van der Waals surface area contributed by atoms with E-state index in [1.165, 1.54) is 6.26 Å². The van der Waals surface area contributed by atoms with Crippen molar-refractivity contribution >= 4 is 23.4 Å². The summed E-state index contributed by atoms with van der Waals surface area (Å²) in [4.78, 5) is 26.3. The first-order valence-corrected chi connectivity index (χ1v) is 8.53. The molecule has 0 aliphatic carbocycles. The summed E-state index contributed by atoms with van der Waals surface area (Å²) in [7, 11) is 0. The summed E-state index contributed by atoms with van der Waals surface area (Å²) in [5.74, 6) is 0.478. The summed E-state index contributed by atoms with van der Waals surface area (Å²) in [5.41, 5.74) is 0. The summed E-state index contributed by atoms with van der Waals surface area (Å²) in [6.45, 7) is 1.23. The highest BCUT2D eigenvalue weighted by atomic mass is 35.5. The molecule has 2 heterocycles. The monoisotopic (exact) mass is 362 g/mol. The molecule has 1 saturated heterocycles. The minimum atomic E-state index is -0.469. The van der Waals surface area contributed by atoms with Gasteiger partial charge in [-0.05, 0) is 43.2 Å². The highest BCUT2D eigenvalue weighted by molar-refractivity contribution is 6.30. The standard InChI is InChI=1S/C18H19ClN2O4/c19-13-4-1-5-14(12-13)24-11-8-20-17(22)15-6-2-9-21(15)18(23)16-7-3-10-25-16/h1,3-5,7,10,12,15H,2,6,8-9,11H2,(H,20,22)/t15-/m0/s1. The third kappa shape index (κ3) is 4.33. The molecule has 6 nitrogen and oxygen atoms in total. The molecule has 3 rings (SSSR count). The van der Waals surface area contributed by atoms with Crippen molar-refractivity contribution in [2.45, 2.75) is 18.9 Å². The fourth-order valence-electron chi connectivity index (χ4n) is 2.84. The van der Waals surface area contributed by atoms with Crippen molar-refractivity contribution in [2.24, 2.45) is 0 Å². The van der Waals surface area contributed by atoms with E-state index in [1.54, 1.807) is 41.3 Å². The van der Waals surface area contributed by atoms with Gasteiger partial charge < -0.3 is 19.4 Å². The van der Waals surface area contributed by atoms with Crippen molar-refractivity contribution in [3.05, 3.63) is 53.4 Å². The molecule has 1 aliphatic heterocycles. The van der Waals surface area contributed by atoms with Crippen LogP contribution in [0.25, 0.3) is 0 Å². The Morgan fingerprint density at radius 3 is 2.96 bits per heavy atom. The Balaban J connectivity index is 1.48. The first-order chi connectivity index (χ1) is 12.1. The fraction of sp³-hybridized carbons (Fsp3) is 0.333. The number of hydrogen-bond acceptors (Lipinski definition) is 4. The Bertz CT molecular complexity index is 732. The van der Waals surface area contributed by atoms with Gasteiger partial charge in [-0.2, -0.15) is 0 Å². The Morgan fingerprint density at radius 1 is 1.32 bits per heavy atom. The maximum atomic E-state index is 12.4. The van der Waals surface area contributed by atoms with E-state index >= 15 is 0 Å². The smallest absolute Gasteiger partial charge is 0.290 e. The van der Waals surface area contributed by atoms with Crippen molar-refractivity contribution in [3.8, 4) is 5.75 Å². The van der Waals surface area contributed by atoms with Crippen LogP contribution in [-0.4, -0.2) is 42.5 Å². The van der Waals surface area contributed by atoms with E-state index in [0.717, 1.165) is 6.42 Å². The molecular formula is C18H19ClN2O4. The predicted octanol–water partition coefficient (Wildman–Crippen LogP) is 2.73. The van der Waals surface area contributed by atoms with Crippen molar-refractivity contribution in [3.63, 3.8) is 0 Å². The minimum absolute atomic E-state index is 0.174. The summed E-state index contributed by atoms with van der Waals surface area (Å²) in [5, 5.41) is 3.42. The molecule has 0 saturated carbocycles. The molecule has 0 spiro atoms. The molecular weight excluding hydrogens is 344 g/mol. The Labute approximate surface area is 150 Å². The third-order valence-electron chi connectivity index (χ3n) is 4.01. The van der Waals surface area contributed by atoms with E-state index < -0.39 is 6.04 Å². The van der Waals surface area contributed by atoms with E-state index in [0.29, 0.717) is 36.9 Å². The molecule has 25 heavy (non-hydrogen) atoms. The zero-order valence-corrected chi connectivity index (χ0v) is 14.4. The second kappa shape index (κ2) is 8.07. The van der Waals surface area contributed by atoms with Crippen molar-refractivity contribution in [2.75, 3.05) is 19.7 Å². The third-order valence-corrected chi connectivity index (χ3v) is 4.25. The quantitative estimate of drug-likeness (QED) is 0.802. The normalized spacial score (nSPS) is 16.7. The lowest BCUT2D eigenvalue weighted by Crippen LogP contribution is -2.46. The van der Waals surface area contributed by atoms with E-state index in [2.05, 4.69) is 5.32 Å². The van der Waals surface area contributed by atoms with Crippen molar-refractivity contribution < 1.29 is 18.7 Å². The van der Waals surface area contributed by atoms with Crippen LogP contribution < -0.4 is 10.1 Å². The summed E-state index contributed by atoms with van der Waals surface area (Å²) >= 11 is 5.89. The molecule has 0 radical (unpaired) electrons. The van der Waals surface area contributed by atoms with Gasteiger partial charge in [-0.15, -0.1) is 0 Å². The Kier molecular flexibility index (Phi) is 5.60. The van der Waals surface area contributed by atoms with E-state index in [-0.39, 0.29) is 17.6 Å². The summed E-state index contributed by atoms with van der Waals surface area (Å²) in [6.07, 6.45) is 2.89. The number of likely N-dealkylation sites (tertiary alicyclic amines) is 1. The zero-order valence-electron chi connectivity index (χ0n) is 13.6. The van der Waals surface area contributed by atoms with Crippen LogP contribution in [0.15, 0.2) is 47.1 Å². The van der Waals surface area contributed by atoms with Gasteiger partial charge in [-0.3, -0.25) is 9.59 Å². The fourth-order valence-corrected chi connectivity index (χ4v) is 3.02. The lowest BCUT2D eigenvalue weighted by molar-refractivity contribution is -0.124. The molecule has 2 amide bonds. The number of halogens is 1. The molecule has 0 bridgehead atoms. The molecule has 132 valence electrons. The lowest BCUT2D eigenvalue weighted by atomic mass is 10.2. The summed E-state index contributed by atoms with van der Waals surface area (Å²) < 4.78 is 10.7. The predicted molar refractivity (Wildman–Crippen MR) is 92.7 cm³/mol. The second-order valence-electron chi connectivity index (χ2n) is 5.73. The molecule has 1 aliphatic rings. The first-order valence-electron chi connectivity index (χ1n) is 8.16. The van der Waals surface area contributed by atoms with Gasteiger partial charge in [-0.25, -0.2) is 0 Å². The van der Waals surface area contributed by atoms with Gasteiger partial charge >= 0.3 is 0 Å². The van der Waals surface area contributed by atoms with Crippen LogP contribution in [0, 0.1) is 0 Å². The number of carbonyl (C=O) groups excluding carboxylic acids is 2. The number of furan rings is 1. The second-order valence-corrected chi connectivity index (χ2v) is 6.17. The number of amides is 2. The molecule has 1 N–H and O–H groups in total. The zero-order chi connectivity index (χ0) is 17.6. The molecule has 2 aromatic rings. The van der Waals surface area contributed by atoms with Crippen LogP contribution in [0.2, 0.25) is 5.02 Å². The van der Waals surface area contributed by atoms with Crippen LogP contribution in [-0.2, 0) is 4.79 Å². The SMILES string of the molecule is O=C(NCCOc1cccc(Cl)c1)[C@@H]1CCCN1C(=O)c1ccco1.